The molecule has 0 atom stereocenters. The van der Waals surface area contributed by atoms with Crippen LogP contribution in [0.25, 0.3) is 0 Å². The van der Waals surface area contributed by atoms with Crippen molar-refractivity contribution in [2.75, 3.05) is 46.0 Å². The van der Waals surface area contributed by atoms with Gasteiger partial charge >= 0.3 is 0 Å². The third-order valence-electron chi connectivity index (χ3n) is 4.71. The number of amides is 1. The van der Waals surface area contributed by atoms with Crippen molar-refractivity contribution >= 4 is 23.6 Å². The summed E-state index contributed by atoms with van der Waals surface area (Å²) >= 11 is 2.16. The lowest BCUT2D eigenvalue weighted by molar-refractivity contribution is -0.127. The minimum Gasteiger partial charge on any atom is -0.356 e. The highest BCUT2D eigenvalue weighted by Gasteiger charge is 2.38. The lowest BCUT2D eigenvalue weighted by atomic mass is 9.87. The largest absolute Gasteiger partial charge is 0.356 e. The van der Waals surface area contributed by atoms with Crippen molar-refractivity contribution in [2.24, 2.45) is 4.99 Å². The molecule has 23 heavy (non-hydrogen) atoms. The molecule has 1 spiro atoms. The first kappa shape index (κ1) is 18.4. The molecule has 0 aromatic rings. The van der Waals surface area contributed by atoms with Crippen molar-refractivity contribution < 1.29 is 4.79 Å². The van der Waals surface area contributed by atoms with Gasteiger partial charge in [-0.05, 0) is 19.3 Å². The molecule has 1 saturated carbocycles. The summed E-state index contributed by atoms with van der Waals surface area (Å²) in [6.45, 7) is 5.40. The Labute approximate surface area is 145 Å². The topological polar surface area (TPSA) is 47.9 Å². The SMILES string of the molecule is CCCNC(=NCC(=O)N(C)C)N1CCSC2(CCCCC2)C1. The Bertz CT molecular complexity index is 413. The number of nitrogens with one attached hydrogen (secondary N) is 1. The second-order valence-corrected chi connectivity index (χ2v) is 8.43. The van der Waals surface area contributed by atoms with Crippen LogP contribution in [0.4, 0.5) is 0 Å². The Morgan fingerprint density at radius 3 is 2.70 bits per heavy atom. The Morgan fingerprint density at radius 2 is 2.04 bits per heavy atom. The van der Waals surface area contributed by atoms with Crippen LogP contribution in [0.15, 0.2) is 4.99 Å². The van der Waals surface area contributed by atoms with E-state index in [0.29, 0.717) is 4.75 Å². The lowest BCUT2D eigenvalue weighted by Gasteiger charge is -2.45. The normalized spacial score (nSPS) is 21.3. The molecule has 2 aliphatic rings. The summed E-state index contributed by atoms with van der Waals surface area (Å²) in [7, 11) is 3.57. The zero-order valence-electron chi connectivity index (χ0n) is 14.9. The van der Waals surface area contributed by atoms with Crippen LogP contribution in [0.2, 0.25) is 0 Å². The van der Waals surface area contributed by atoms with E-state index in [1.54, 1.807) is 19.0 Å². The fourth-order valence-corrected chi connectivity index (χ4v) is 4.88. The van der Waals surface area contributed by atoms with E-state index in [4.69, 9.17) is 0 Å². The second-order valence-electron chi connectivity index (χ2n) is 6.87. The molecule has 5 nitrogen and oxygen atoms in total. The number of carbonyl (C=O) groups excluding carboxylic acids is 1. The van der Waals surface area contributed by atoms with Crippen molar-refractivity contribution in [1.82, 2.24) is 15.1 Å². The standard InChI is InChI=1S/C17H32N4OS/c1-4-10-18-16(19-13-15(22)20(2)3)21-11-12-23-17(14-21)8-6-5-7-9-17/h4-14H2,1-3H3,(H,18,19). The van der Waals surface area contributed by atoms with Crippen LogP contribution in [0.1, 0.15) is 45.4 Å². The number of likely N-dealkylation sites (N-methyl/N-ethyl adjacent to an activating group) is 1. The number of carbonyl (C=O) groups is 1. The van der Waals surface area contributed by atoms with Crippen molar-refractivity contribution in [3.05, 3.63) is 0 Å². The average molecular weight is 341 g/mol. The molecular weight excluding hydrogens is 308 g/mol. The van der Waals surface area contributed by atoms with E-state index in [1.165, 1.54) is 32.1 Å². The summed E-state index contributed by atoms with van der Waals surface area (Å²) < 4.78 is 0.413. The number of guanidine groups is 1. The quantitative estimate of drug-likeness (QED) is 0.629. The fourth-order valence-electron chi connectivity index (χ4n) is 3.31. The molecule has 1 aliphatic heterocycles. The highest BCUT2D eigenvalue weighted by molar-refractivity contribution is 8.00. The first-order valence-electron chi connectivity index (χ1n) is 8.94. The summed E-state index contributed by atoms with van der Waals surface area (Å²) in [5.74, 6) is 2.14. The minimum absolute atomic E-state index is 0.0552. The van der Waals surface area contributed by atoms with Crippen LogP contribution in [0, 0.1) is 0 Å². The van der Waals surface area contributed by atoms with Gasteiger partial charge in [-0.3, -0.25) is 4.79 Å². The number of hydrogen-bond donors (Lipinski definition) is 1. The van der Waals surface area contributed by atoms with Gasteiger partial charge in [-0.15, -0.1) is 0 Å². The Hall–Kier alpha value is -0.910. The van der Waals surface area contributed by atoms with Crippen molar-refractivity contribution in [3.63, 3.8) is 0 Å². The van der Waals surface area contributed by atoms with Crippen LogP contribution in [-0.2, 0) is 4.79 Å². The smallest absolute Gasteiger partial charge is 0.243 e. The van der Waals surface area contributed by atoms with Crippen LogP contribution in [0.5, 0.6) is 0 Å². The molecule has 1 amide bonds. The van der Waals surface area contributed by atoms with Crippen LogP contribution in [-0.4, -0.2) is 72.4 Å². The maximum absolute atomic E-state index is 11.9. The summed E-state index contributed by atoms with van der Waals surface area (Å²) in [6.07, 6.45) is 7.81. The second kappa shape index (κ2) is 8.81. The molecule has 1 N–H and O–H groups in total. The summed E-state index contributed by atoms with van der Waals surface area (Å²) in [5.41, 5.74) is 0. The molecule has 0 radical (unpaired) electrons. The zero-order chi connectivity index (χ0) is 16.7. The van der Waals surface area contributed by atoms with Gasteiger partial charge in [0.15, 0.2) is 5.96 Å². The van der Waals surface area contributed by atoms with Crippen molar-refractivity contribution in [3.8, 4) is 0 Å². The molecule has 0 aromatic heterocycles. The van der Waals surface area contributed by atoms with Gasteiger partial charge in [0.25, 0.3) is 0 Å². The maximum atomic E-state index is 11.9. The van der Waals surface area contributed by atoms with Gasteiger partial charge in [0.1, 0.15) is 6.54 Å². The summed E-state index contributed by atoms with van der Waals surface area (Å²) in [6, 6.07) is 0. The van der Waals surface area contributed by atoms with Gasteiger partial charge in [0.2, 0.25) is 5.91 Å². The monoisotopic (exact) mass is 340 g/mol. The molecule has 1 heterocycles. The zero-order valence-corrected chi connectivity index (χ0v) is 15.8. The highest BCUT2D eigenvalue weighted by Crippen LogP contribution is 2.42. The fraction of sp³-hybridized carbons (Fsp3) is 0.882. The molecule has 6 heteroatoms. The van der Waals surface area contributed by atoms with Crippen molar-refractivity contribution in [2.45, 2.75) is 50.2 Å². The van der Waals surface area contributed by atoms with Crippen LogP contribution < -0.4 is 5.32 Å². The number of thioether (sulfide) groups is 1. The van der Waals surface area contributed by atoms with Gasteiger partial charge in [0, 0.05) is 44.2 Å². The lowest BCUT2D eigenvalue weighted by Crippen LogP contribution is -2.53. The molecule has 1 aliphatic carbocycles. The third-order valence-corrected chi connectivity index (χ3v) is 6.25. The summed E-state index contributed by atoms with van der Waals surface area (Å²) in [4.78, 5) is 20.5. The average Bonchev–Trinajstić information content (AvgIpc) is 2.55. The Kier molecular flexibility index (Phi) is 7.06. The molecule has 132 valence electrons. The number of aliphatic imine (C=N–C) groups is 1. The van der Waals surface area contributed by atoms with Crippen LogP contribution in [0.3, 0.4) is 0 Å². The molecular formula is C17H32N4OS. The summed E-state index contributed by atoms with van der Waals surface area (Å²) in [5, 5.41) is 3.45. The van der Waals surface area contributed by atoms with Gasteiger partial charge in [0.05, 0.1) is 0 Å². The van der Waals surface area contributed by atoms with Crippen LogP contribution >= 0.6 is 11.8 Å². The highest BCUT2D eigenvalue weighted by atomic mass is 32.2. The predicted octanol–water partition coefficient (Wildman–Crippen LogP) is 2.18. The van der Waals surface area contributed by atoms with E-state index in [2.05, 4.69) is 33.9 Å². The number of rotatable bonds is 4. The first-order chi connectivity index (χ1) is 11.1. The van der Waals surface area contributed by atoms with Crippen molar-refractivity contribution in [1.29, 1.82) is 0 Å². The van der Waals surface area contributed by atoms with E-state index in [9.17, 15) is 4.79 Å². The van der Waals surface area contributed by atoms with Gasteiger partial charge in [-0.1, -0.05) is 26.2 Å². The maximum Gasteiger partial charge on any atom is 0.243 e. The third kappa shape index (κ3) is 5.30. The van der Waals surface area contributed by atoms with E-state index in [-0.39, 0.29) is 12.5 Å². The van der Waals surface area contributed by atoms with E-state index >= 15 is 0 Å². The van der Waals surface area contributed by atoms with Gasteiger partial charge in [-0.2, -0.15) is 11.8 Å². The number of hydrogen-bond acceptors (Lipinski definition) is 3. The Balaban J connectivity index is 2.04. The molecule has 2 fully saturated rings. The van der Waals surface area contributed by atoms with E-state index < -0.39 is 0 Å². The minimum atomic E-state index is 0.0552. The molecule has 0 unspecified atom stereocenters. The Morgan fingerprint density at radius 1 is 1.30 bits per heavy atom. The first-order valence-corrected chi connectivity index (χ1v) is 9.92. The molecule has 2 rings (SSSR count). The van der Waals surface area contributed by atoms with E-state index in [0.717, 1.165) is 37.8 Å². The van der Waals surface area contributed by atoms with Gasteiger partial charge in [-0.25, -0.2) is 4.99 Å². The van der Waals surface area contributed by atoms with Gasteiger partial charge < -0.3 is 15.1 Å². The number of nitrogens with zero attached hydrogens (tertiary/aromatic N) is 3. The molecule has 0 bridgehead atoms. The molecule has 1 saturated heterocycles. The predicted molar refractivity (Wildman–Crippen MR) is 99.1 cm³/mol. The van der Waals surface area contributed by atoms with E-state index in [1.807, 2.05) is 0 Å². The molecule has 0 aromatic carbocycles.